The van der Waals surface area contributed by atoms with Crippen molar-refractivity contribution >= 4 is 17.3 Å². The molecule has 31 heavy (non-hydrogen) atoms. The van der Waals surface area contributed by atoms with Gasteiger partial charge in [-0.1, -0.05) is 38.2 Å². The van der Waals surface area contributed by atoms with Gasteiger partial charge in [0.2, 0.25) is 0 Å². The minimum Gasteiger partial charge on any atom is -0.393 e. The molecule has 178 valence electrons. The highest BCUT2D eigenvalue weighted by Crippen LogP contribution is 2.19. The molecule has 0 unspecified atom stereocenters. The normalized spacial score (nSPS) is 17.9. The fraction of sp³-hybridized carbons (Fsp3) is 0.708. The molecule has 0 radical (unpaired) electrons. The number of Topliss-reactive ketones (excluding diaryl/α,β-unsaturated/α-hetero) is 3. The maximum absolute atomic E-state index is 12.3. The number of aliphatic hydroxyl groups excluding tert-OH is 4. The third-order valence-corrected chi connectivity index (χ3v) is 5.36. The molecule has 0 rings (SSSR count). The highest BCUT2D eigenvalue weighted by molar-refractivity contribution is 6.04. The number of hydrogen-bond acceptors (Lipinski definition) is 7. The maximum atomic E-state index is 12.3. The summed E-state index contributed by atoms with van der Waals surface area (Å²) in [5.41, 5.74) is 0. The van der Waals surface area contributed by atoms with Crippen molar-refractivity contribution in [2.45, 2.75) is 97.1 Å². The van der Waals surface area contributed by atoms with Gasteiger partial charge in [0.15, 0.2) is 17.7 Å². The topological polar surface area (TPSA) is 132 Å². The van der Waals surface area contributed by atoms with Crippen molar-refractivity contribution in [3.63, 3.8) is 0 Å². The average molecular weight is 441 g/mol. The average Bonchev–Trinajstić information content (AvgIpc) is 2.71. The summed E-state index contributed by atoms with van der Waals surface area (Å²) in [5, 5.41) is 39.0. The van der Waals surface area contributed by atoms with E-state index in [-0.39, 0.29) is 31.1 Å². The predicted octanol–water partition coefficient (Wildman–Crippen LogP) is 2.29. The lowest BCUT2D eigenvalue weighted by Crippen LogP contribution is -2.34. The van der Waals surface area contributed by atoms with E-state index in [0.29, 0.717) is 19.3 Å². The van der Waals surface area contributed by atoms with Crippen LogP contribution < -0.4 is 0 Å². The Labute approximate surface area is 185 Å². The van der Waals surface area contributed by atoms with E-state index in [1.54, 1.807) is 20.8 Å². The Kier molecular flexibility index (Phi) is 15.2. The Morgan fingerprint density at radius 2 is 1.35 bits per heavy atom. The first-order valence-electron chi connectivity index (χ1n) is 11.1. The molecule has 7 heteroatoms. The molecular formula is C24H40O7. The summed E-state index contributed by atoms with van der Waals surface area (Å²) in [4.78, 5) is 35.3. The van der Waals surface area contributed by atoms with Crippen LogP contribution in [0.5, 0.6) is 0 Å². The molecule has 0 saturated heterocycles. The second kappa shape index (κ2) is 16.0. The van der Waals surface area contributed by atoms with Crippen molar-refractivity contribution in [2.75, 3.05) is 0 Å². The summed E-state index contributed by atoms with van der Waals surface area (Å²) in [6.45, 7) is 6.06. The van der Waals surface area contributed by atoms with Crippen molar-refractivity contribution in [1.82, 2.24) is 0 Å². The lowest BCUT2D eigenvalue weighted by molar-refractivity contribution is -0.139. The summed E-state index contributed by atoms with van der Waals surface area (Å²) in [6, 6.07) is 0. The van der Waals surface area contributed by atoms with E-state index < -0.39 is 41.7 Å². The predicted molar refractivity (Wildman–Crippen MR) is 119 cm³/mol. The van der Waals surface area contributed by atoms with Gasteiger partial charge in [0.1, 0.15) is 5.78 Å². The van der Waals surface area contributed by atoms with Crippen molar-refractivity contribution in [1.29, 1.82) is 0 Å². The highest BCUT2D eigenvalue weighted by atomic mass is 16.3. The molecule has 0 bridgehead atoms. The van der Waals surface area contributed by atoms with Gasteiger partial charge < -0.3 is 20.4 Å². The van der Waals surface area contributed by atoms with Gasteiger partial charge in [0.25, 0.3) is 0 Å². The zero-order chi connectivity index (χ0) is 24.0. The summed E-state index contributed by atoms with van der Waals surface area (Å²) in [7, 11) is 0. The van der Waals surface area contributed by atoms with Crippen LogP contribution in [0.2, 0.25) is 0 Å². The molecule has 0 aromatic rings. The number of allylic oxidation sites excluding steroid dienone is 4. The van der Waals surface area contributed by atoms with E-state index in [1.807, 2.05) is 24.3 Å². The monoisotopic (exact) mass is 440 g/mol. The number of carbonyl (C=O) groups excluding carboxylic acids is 3. The number of hydrogen-bond donors (Lipinski definition) is 4. The first kappa shape index (κ1) is 29.3. The summed E-state index contributed by atoms with van der Waals surface area (Å²) in [6.07, 6.45) is 6.85. The fourth-order valence-electron chi connectivity index (χ4n) is 2.99. The standard InChI is InChI=1S/C24H40O7/c1-16(23(30)24(31)19(4)26)13-14-21(28)18(3)22(29)15-20(27)12-10-8-6-5-7-9-11-17(2)25/h5-8,16-18,20-21,24-25,27-28,31H,9-15H2,1-4H3/b7-5-,8-6+/t16-,17+,18+,20+,21+,24+/m1/s1. The SMILES string of the molecule is CC(=O)[C@H](O)C(=O)[C@H](C)CC[C@H](O)[C@H](C)C(=O)C[C@@H](O)CC/C=C/C=C\CC[C@H](C)O. The maximum Gasteiger partial charge on any atom is 0.171 e. The van der Waals surface area contributed by atoms with Crippen LogP contribution in [0, 0.1) is 11.8 Å². The first-order valence-corrected chi connectivity index (χ1v) is 11.1. The second-order valence-corrected chi connectivity index (χ2v) is 8.43. The Bertz CT molecular complexity index is 609. The third kappa shape index (κ3) is 13.4. The van der Waals surface area contributed by atoms with E-state index in [1.165, 1.54) is 0 Å². The third-order valence-electron chi connectivity index (χ3n) is 5.36. The molecule has 0 fully saturated rings. The van der Waals surface area contributed by atoms with Gasteiger partial charge in [-0.25, -0.2) is 0 Å². The summed E-state index contributed by atoms with van der Waals surface area (Å²) >= 11 is 0. The van der Waals surface area contributed by atoms with Crippen LogP contribution in [0.25, 0.3) is 0 Å². The van der Waals surface area contributed by atoms with E-state index in [0.717, 1.165) is 13.3 Å². The van der Waals surface area contributed by atoms with Gasteiger partial charge in [-0.15, -0.1) is 0 Å². The minimum atomic E-state index is -1.64. The number of rotatable bonds is 17. The Balaban J connectivity index is 4.25. The molecule has 0 aromatic carbocycles. The number of ketones is 3. The lowest BCUT2D eigenvalue weighted by atomic mass is 9.88. The zero-order valence-corrected chi connectivity index (χ0v) is 19.2. The fourth-order valence-corrected chi connectivity index (χ4v) is 2.99. The van der Waals surface area contributed by atoms with Crippen LogP contribution in [-0.2, 0) is 14.4 Å². The van der Waals surface area contributed by atoms with E-state index in [2.05, 4.69) is 0 Å². The van der Waals surface area contributed by atoms with Gasteiger partial charge in [-0.3, -0.25) is 14.4 Å². The van der Waals surface area contributed by atoms with Gasteiger partial charge in [-0.05, 0) is 52.4 Å². The Hall–Kier alpha value is -1.67. The number of carbonyl (C=O) groups is 3. The molecule has 0 aliphatic heterocycles. The van der Waals surface area contributed by atoms with Gasteiger partial charge in [-0.2, -0.15) is 0 Å². The molecule has 0 spiro atoms. The molecule has 0 saturated carbocycles. The van der Waals surface area contributed by atoms with Crippen LogP contribution in [-0.4, -0.2) is 62.2 Å². The molecule has 0 heterocycles. The van der Waals surface area contributed by atoms with Crippen molar-refractivity contribution in [3.05, 3.63) is 24.3 Å². The van der Waals surface area contributed by atoms with Crippen LogP contribution in [0.15, 0.2) is 24.3 Å². The van der Waals surface area contributed by atoms with Crippen LogP contribution in [0.3, 0.4) is 0 Å². The molecule has 0 aliphatic carbocycles. The van der Waals surface area contributed by atoms with Crippen LogP contribution in [0.1, 0.15) is 72.6 Å². The molecule has 4 N–H and O–H groups in total. The molecule has 0 amide bonds. The van der Waals surface area contributed by atoms with Crippen LogP contribution >= 0.6 is 0 Å². The molecule has 7 nitrogen and oxygen atoms in total. The molecular weight excluding hydrogens is 400 g/mol. The molecule has 0 aliphatic rings. The summed E-state index contributed by atoms with van der Waals surface area (Å²) in [5.74, 6) is -2.72. The molecule has 0 aromatic heterocycles. The summed E-state index contributed by atoms with van der Waals surface area (Å²) < 4.78 is 0. The quantitative estimate of drug-likeness (QED) is 0.201. The van der Waals surface area contributed by atoms with E-state index in [9.17, 15) is 29.7 Å². The van der Waals surface area contributed by atoms with Gasteiger partial charge in [0.05, 0.1) is 18.3 Å². The van der Waals surface area contributed by atoms with Crippen molar-refractivity contribution < 1.29 is 34.8 Å². The van der Waals surface area contributed by atoms with Gasteiger partial charge in [0, 0.05) is 18.3 Å². The second-order valence-electron chi connectivity index (χ2n) is 8.43. The largest absolute Gasteiger partial charge is 0.393 e. The van der Waals surface area contributed by atoms with Gasteiger partial charge >= 0.3 is 0 Å². The zero-order valence-electron chi connectivity index (χ0n) is 19.2. The Morgan fingerprint density at radius 1 is 0.806 bits per heavy atom. The van der Waals surface area contributed by atoms with Crippen LogP contribution in [0.4, 0.5) is 0 Å². The minimum absolute atomic E-state index is 0.0478. The van der Waals surface area contributed by atoms with Crippen molar-refractivity contribution in [2.24, 2.45) is 11.8 Å². The van der Waals surface area contributed by atoms with E-state index in [4.69, 9.17) is 5.11 Å². The lowest BCUT2D eigenvalue weighted by Gasteiger charge is -2.21. The first-order chi connectivity index (χ1) is 14.5. The van der Waals surface area contributed by atoms with Crippen molar-refractivity contribution in [3.8, 4) is 0 Å². The van der Waals surface area contributed by atoms with E-state index >= 15 is 0 Å². The Morgan fingerprint density at radius 3 is 1.87 bits per heavy atom. The molecule has 6 atom stereocenters. The number of aliphatic hydroxyl groups is 4. The smallest absolute Gasteiger partial charge is 0.171 e. The highest BCUT2D eigenvalue weighted by Gasteiger charge is 2.28.